The molecule has 0 N–H and O–H groups in total. The molecular formula is C15H22N2. The van der Waals surface area contributed by atoms with Crippen molar-refractivity contribution in [2.24, 2.45) is 0 Å². The number of allylic oxidation sites excluding steroid dienone is 4. The number of aromatic nitrogens is 2. The van der Waals surface area contributed by atoms with Crippen LogP contribution in [0.4, 0.5) is 0 Å². The summed E-state index contributed by atoms with van der Waals surface area (Å²) in [4.78, 5) is 8.68. The topological polar surface area (TPSA) is 25.8 Å². The number of hydrogen-bond donors (Lipinski definition) is 0. The summed E-state index contributed by atoms with van der Waals surface area (Å²) in [6.45, 7) is 15.6. The Balaban J connectivity index is 0.00000121. The average Bonchev–Trinajstić information content (AvgIpc) is 2.38. The second kappa shape index (κ2) is 8.45. The first-order valence-electron chi connectivity index (χ1n) is 5.97. The molecule has 0 radical (unpaired) electrons. The van der Waals surface area contributed by atoms with Crippen LogP contribution in [-0.4, -0.2) is 9.97 Å². The van der Waals surface area contributed by atoms with Crippen molar-refractivity contribution in [3.8, 4) is 0 Å². The lowest BCUT2D eigenvalue weighted by Crippen LogP contribution is -1.99. The Bertz CT molecular complexity index is 390. The van der Waals surface area contributed by atoms with Crippen LogP contribution < -0.4 is 0 Å². The van der Waals surface area contributed by atoms with Crippen molar-refractivity contribution in [2.75, 3.05) is 0 Å². The zero-order valence-corrected chi connectivity index (χ0v) is 11.3. The minimum Gasteiger partial charge on any atom is -0.241 e. The van der Waals surface area contributed by atoms with Crippen LogP contribution in [0, 0.1) is 0 Å². The molecular weight excluding hydrogens is 208 g/mol. The quantitative estimate of drug-likeness (QED) is 0.717. The summed E-state index contributed by atoms with van der Waals surface area (Å²) in [6, 6.07) is 1.88. The summed E-state index contributed by atoms with van der Waals surface area (Å²) in [5, 5.41) is 0. The average molecular weight is 230 g/mol. The smallest absolute Gasteiger partial charge is 0.131 e. The molecule has 17 heavy (non-hydrogen) atoms. The molecule has 0 amide bonds. The highest BCUT2D eigenvalue weighted by atomic mass is 14.9. The Morgan fingerprint density at radius 2 is 1.94 bits per heavy atom. The van der Waals surface area contributed by atoms with Crippen LogP contribution >= 0.6 is 0 Å². The molecule has 1 heterocycles. The third-order valence-electron chi connectivity index (χ3n) is 2.00. The third-order valence-corrected chi connectivity index (χ3v) is 2.00. The van der Waals surface area contributed by atoms with E-state index in [9.17, 15) is 0 Å². The molecule has 0 bridgehead atoms. The van der Waals surface area contributed by atoms with E-state index in [0.717, 1.165) is 17.1 Å². The van der Waals surface area contributed by atoms with Crippen LogP contribution in [-0.2, 0) is 0 Å². The van der Waals surface area contributed by atoms with Crippen LogP contribution in [0.5, 0.6) is 0 Å². The Kier molecular flexibility index (Phi) is 7.61. The summed E-state index contributed by atoms with van der Waals surface area (Å²) in [5.41, 5.74) is 1.86. The normalized spacial score (nSPS) is 10.5. The van der Waals surface area contributed by atoms with Crippen LogP contribution in [0.25, 0.3) is 5.57 Å². The van der Waals surface area contributed by atoms with E-state index >= 15 is 0 Å². The lowest BCUT2D eigenvalue weighted by atomic mass is 10.1. The molecule has 1 aromatic heterocycles. The van der Waals surface area contributed by atoms with Crippen LogP contribution in [0.1, 0.15) is 45.1 Å². The maximum atomic E-state index is 4.46. The minimum absolute atomic E-state index is 0.333. The summed E-state index contributed by atoms with van der Waals surface area (Å²) < 4.78 is 0. The fourth-order valence-electron chi connectivity index (χ4n) is 1.20. The Labute approximate surface area is 105 Å². The standard InChI is InChI=1S/C13H16N2.C2H6/c1-5-7-11(6-2)12-8-9-14-13(15-12)10(3)4;1-2/h5-10H,1-2H2,3-4H3;1-2H3/b11-7+;. The first kappa shape index (κ1) is 15.3. The second-order valence-electron chi connectivity index (χ2n) is 3.52. The number of hydrogen-bond acceptors (Lipinski definition) is 2. The molecule has 0 spiro atoms. The van der Waals surface area contributed by atoms with Crippen molar-refractivity contribution in [1.82, 2.24) is 9.97 Å². The maximum absolute atomic E-state index is 4.46. The first-order chi connectivity index (χ1) is 8.19. The van der Waals surface area contributed by atoms with E-state index in [1.54, 1.807) is 18.3 Å². The van der Waals surface area contributed by atoms with Crippen molar-refractivity contribution >= 4 is 5.57 Å². The first-order valence-corrected chi connectivity index (χ1v) is 5.97. The van der Waals surface area contributed by atoms with E-state index in [-0.39, 0.29) is 0 Å². The molecule has 0 aliphatic heterocycles. The molecule has 2 heteroatoms. The predicted molar refractivity (Wildman–Crippen MR) is 75.8 cm³/mol. The van der Waals surface area contributed by atoms with Gasteiger partial charge in [-0.25, -0.2) is 9.97 Å². The van der Waals surface area contributed by atoms with Crippen LogP contribution in [0.3, 0.4) is 0 Å². The van der Waals surface area contributed by atoms with Crippen molar-refractivity contribution < 1.29 is 0 Å². The van der Waals surface area contributed by atoms with Gasteiger partial charge in [-0.05, 0) is 11.6 Å². The van der Waals surface area contributed by atoms with Crippen molar-refractivity contribution in [3.63, 3.8) is 0 Å². The van der Waals surface area contributed by atoms with Crippen LogP contribution in [0.2, 0.25) is 0 Å². The van der Waals surface area contributed by atoms with Gasteiger partial charge in [0.2, 0.25) is 0 Å². The fourth-order valence-corrected chi connectivity index (χ4v) is 1.20. The summed E-state index contributed by atoms with van der Waals surface area (Å²) >= 11 is 0. The van der Waals surface area contributed by atoms with E-state index in [4.69, 9.17) is 0 Å². The van der Waals surface area contributed by atoms with E-state index in [1.165, 1.54) is 0 Å². The molecule has 0 fully saturated rings. The SMILES string of the molecule is C=C/C=C(\C=C)c1ccnc(C(C)C)n1.CC. The number of nitrogens with zero attached hydrogens (tertiary/aromatic N) is 2. The number of rotatable bonds is 4. The van der Waals surface area contributed by atoms with Gasteiger partial charge in [-0.15, -0.1) is 0 Å². The van der Waals surface area contributed by atoms with E-state index in [1.807, 2.05) is 26.0 Å². The van der Waals surface area contributed by atoms with Crippen LogP contribution in [0.15, 0.2) is 43.6 Å². The molecule has 92 valence electrons. The molecule has 0 aliphatic rings. The van der Waals surface area contributed by atoms with Crippen molar-refractivity contribution in [2.45, 2.75) is 33.6 Å². The fraction of sp³-hybridized carbons (Fsp3) is 0.333. The highest BCUT2D eigenvalue weighted by Crippen LogP contribution is 2.15. The molecule has 0 aliphatic carbocycles. The van der Waals surface area contributed by atoms with Crippen molar-refractivity contribution in [3.05, 3.63) is 55.2 Å². The van der Waals surface area contributed by atoms with Gasteiger partial charge >= 0.3 is 0 Å². The lowest BCUT2D eigenvalue weighted by Gasteiger charge is -2.06. The summed E-state index contributed by atoms with van der Waals surface area (Å²) in [5.74, 6) is 1.18. The molecule has 1 aromatic rings. The molecule has 1 rings (SSSR count). The Morgan fingerprint density at radius 3 is 2.41 bits per heavy atom. The summed E-state index contributed by atoms with van der Waals surface area (Å²) in [7, 11) is 0. The van der Waals surface area contributed by atoms with Gasteiger partial charge in [0.15, 0.2) is 0 Å². The lowest BCUT2D eigenvalue weighted by molar-refractivity contribution is 0.771. The van der Waals surface area contributed by atoms with Gasteiger partial charge in [-0.3, -0.25) is 0 Å². The zero-order valence-electron chi connectivity index (χ0n) is 11.3. The third kappa shape index (κ3) is 4.77. The largest absolute Gasteiger partial charge is 0.241 e. The van der Waals surface area contributed by atoms with Gasteiger partial charge in [0.25, 0.3) is 0 Å². The molecule has 0 saturated heterocycles. The zero-order chi connectivity index (χ0) is 13.3. The molecule has 0 atom stereocenters. The molecule has 0 saturated carbocycles. The van der Waals surface area contributed by atoms with Gasteiger partial charge in [-0.1, -0.05) is 59.1 Å². The Morgan fingerprint density at radius 1 is 1.29 bits per heavy atom. The highest BCUT2D eigenvalue weighted by Gasteiger charge is 2.04. The molecule has 0 unspecified atom stereocenters. The summed E-state index contributed by atoms with van der Waals surface area (Å²) in [6.07, 6.45) is 7.17. The second-order valence-corrected chi connectivity index (χ2v) is 3.52. The van der Waals surface area contributed by atoms with Gasteiger partial charge < -0.3 is 0 Å². The maximum Gasteiger partial charge on any atom is 0.131 e. The van der Waals surface area contributed by atoms with E-state index < -0.39 is 0 Å². The van der Waals surface area contributed by atoms with Gasteiger partial charge in [-0.2, -0.15) is 0 Å². The monoisotopic (exact) mass is 230 g/mol. The highest BCUT2D eigenvalue weighted by molar-refractivity contribution is 5.72. The van der Waals surface area contributed by atoms with E-state index in [0.29, 0.717) is 5.92 Å². The molecule has 2 nitrogen and oxygen atoms in total. The van der Waals surface area contributed by atoms with Gasteiger partial charge in [0.1, 0.15) is 5.82 Å². The van der Waals surface area contributed by atoms with Crippen molar-refractivity contribution in [1.29, 1.82) is 0 Å². The van der Waals surface area contributed by atoms with E-state index in [2.05, 4.69) is 37.0 Å². The van der Waals surface area contributed by atoms with Gasteiger partial charge in [0, 0.05) is 12.1 Å². The Hall–Kier alpha value is -1.70. The predicted octanol–water partition coefficient (Wildman–Crippen LogP) is 4.38. The molecule has 0 aromatic carbocycles. The van der Waals surface area contributed by atoms with Gasteiger partial charge in [0.05, 0.1) is 5.69 Å². The minimum atomic E-state index is 0.333.